The Kier molecular flexibility index (Phi) is 6.33. The lowest BCUT2D eigenvalue weighted by Crippen LogP contribution is -2.07. The third kappa shape index (κ3) is 5.37. The van der Waals surface area contributed by atoms with Gasteiger partial charge in [0.25, 0.3) is 0 Å². The molecule has 2 heteroatoms. The fourth-order valence-electron chi connectivity index (χ4n) is 2.87. The van der Waals surface area contributed by atoms with E-state index >= 15 is 0 Å². The van der Waals surface area contributed by atoms with E-state index in [-0.39, 0.29) is 0 Å². The molecule has 3 rings (SSSR count). The number of rotatable bonds is 6. The molecule has 0 heterocycles. The predicted molar refractivity (Wildman–Crippen MR) is 126 cm³/mol. The highest BCUT2D eigenvalue weighted by Gasteiger charge is 1.95. The van der Waals surface area contributed by atoms with Crippen molar-refractivity contribution < 1.29 is 0 Å². The summed E-state index contributed by atoms with van der Waals surface area (Å²) in [7, 11) is 8.22. The van der Waals surface area contributed by atoms with Crippen molar-refractivity contribution in [1.82, 2.24) is 0 Å². The van der Waals surface area contributed by atoms with Crippen LogP contribution in [0.4, 0.5) is 11.4 Å². The Morgan fingerprint density at radius 1 is 0.393 bits per heavy atom. The molecule has 0 saturated heterocycles. The molecule has 142 valence electrons. The van der Waals surface area contributed by atoms with Gasteiger partial charge in [-0.05, 0) is 46.5 Å². The Labute approximate surface area is 169 Å². The van der Waals surface area contributed by atoms with Gasteiger partial charge in [0, 0.05) is 39.6 Å². The van der Waals surface area contributed by atoms with Gasteiger partial charge in [-0.25, -0.2) is 0 Å². The van der Waals surface area contributed by atoms with E-state index in [0.29, 0.717) is 0 Å². The van der Waals surface area contributed by atoms with Crippen molar-refractivity contribution in [1.29, 1.82) is 0 Å². The van der Waals surface area contributed by atoms with Crippen molar-refractivity contribution in [3.05, 3.63) is 95.1 Å². The van der Waals surface area contributed by atoms with Gasteiger partial charge < -0.3 is 9.80 Å². The van der Waals surface area contributed by atoms with E-state index in [1.54, 1.807) is 0 Å². The fraction of sp³-hybridized carbons (Fsp3) is 0.154. The molecule has 0 fully saturated rings. The molecule has 0 aliphatic heterocycles. The highest BCUT2D eigenvalue weighted by molar-refractivity contribution is 5.73. The maximum Gasteiger partial charge on any atom is 0.0361 e. The van der Waals surface area contributed by atoms with Crippen LogP contribution in [-0.4, -0.2) is 28.2 Å². The second-order valence-electron chi connectivity index (χ2n) is 7.31. The van der Waals surface area contributed by atoms with Crippen LogP contribution in [0.25, 0.3) is 24.3 Å². The molecule has 0 bridgehead atoms. The van der Waals surface area contributed by atoms with Crippen molar-refractivity contribution in [3.63, 3.8) is 0 Å². The van der Waals surface area contributed by atoms with Crippen molar-refractivity contribution in [3.8, 4) is 0 Å². The van der Waals surface area contributed by atoms with Crippen molar-refractivity contribution >= 4 is 35.7 Å². The molecule has 2 nitrogen and oxygen atoms in total. The van der Waals surface area contributed by atoms with Crippen LogP contribution in [0.2, 0.25) is 0 Å². The minimum Gasteiger partial charge on any atom is -0.378 e. The highest BCUT2D eigenvalue weighted by Crippen LogP contribution is 2.17. The lowest BCUT2D eigenvalue weighted by Gasteiger charge is -2.11. The third-order valence-corrected chi connectivity index (χ3v) is 4.69. The van der Waals surface area contributed by atoms with Crippen LogP contribution in [0.1, 0.15) is 22.3 Å². The molecule has 0 atom stereocenters. The first-order valence-electron chi connectivity index (χ1n) is 9.52. The number of anilines is 2. The lowest BCUT2D eigenvalue weighted by atomic mass is 10.1. The average Bonchev–Trinajstić information content (AvgIpc) is 2.72. The van der Waals surface area contributed by atoms with Gasteiger partial charge in [-0.15, -0.1) is 0 Å². The van der Waals surface area contributed by atoms with Gasteiger partial charge in [-0.1, -0.05) is 72.8 Å². The van der Waals surface area contributed by atoms with Gasteiger partial charge in [0.1, 0.15) is 0 Å². The Balaban J connectivity index is 1.62. The first-order valence-corrected chi connectivity index (χ1v) is 9.52. The van der Waals surface area contributed by atoms with Gasteiger partial charge in [-0.3, -0.25) is 0 Å². The van der Waals surface area contributed by atoms with E-state index in [1.807, 2.05) is 0 Å². The molecule has 28 heavy (non-hydrogen) atoms. The molecule has 0 aliphatic rings. The van der Waals surface area contributed by atoms with Crippen LogP contribution in [0, 0.1) is 0 Å². The number of hydrogen-bond donors (Lipinski definition) is 0. The molecule has 3 aromatic carbocycles. The van der Waals surface area contributed by atoms with Gasteiger partial charge >= 0.3 is 0 Å². The largest absolute Gasteiger partial charge is 0.378 e. The maximum absolute atomic E-state index is 2.15. The fourth-order valence-corrected chi connectivity index (χ4v) is 2.87. The molecule has 0 N–H and O–H groups in total. The number of nitrogens with zero attached hydrogens (tertiary/aromatic N) is 2. The number of hydrogen-bond acceptors (Lipinski definition) is 2. The van der Waals surface area contributed by atoms with Crippen molar-refractivity contribution in [2.24, 2.45) is 0 Å². The summed E-state index contributed by atoms with van der Waals surface area (Å²) in [6.07, 6.45) is 8.60. The zero-order valence-corrected chi connectivity index (χ0v) is 17.1. The first kappa shape index (κ1) is 19.5. The summed E-state index contributed by atoms with van der Waals surface area (Å²) in [6, 6.07) is 25.7. The predicted octanol–water partition coefficient (Wildman–Crippen LogP) is 6.16. The normalized spacial score (nSPS) is 11.3. The molecule has 0 unspecified atom stereocenters. The van der Waals surface area contributed by atoms with Crippen molar-refractivity contribution in [2.75, 3.05) is 38.0 Å². The lowest BCUT2D eigenvalue weighted by molar-refractivity contribution is 1.13. The Morgan fingerprint density at radius 3 is 0.821 bits per heavy atom. The second kappa shape index (κ2) is 9.09. The topological polar surface area (TPSA) is 6.48 Å². The molecule has 3 aromatic rings. The quantitative estimate of drug-likeness (QED) is 0.481. The third-order valence-electron chi connectivity index (χ3n) is 4.69. The van der Waals surface area contributed by atoms with Crippen LogP contribution in [0.3, 0.4) is 0 Å². The van der Waals surface area contributed by atoms with Crippen molar-refractivity contribution in [2.45, 2.75) is 0 Å². The Morgan fingerprint density at radius 2 is 0.607 bits per heavy atom. The van der Waals surface area contributed by atoms with Gasteiger partial charge in [0.15, 0.2) is 0 Å². The molecule has 0 saturated carbocycles. The van der Waals surface area contributed by atoms with Crippen LogP contribution < -0.4 is 9.80 Å². The summed E-state index contributed by atoms with van der Waals surface area (Å²) in [6.45, 7) is 0. The van der Waals surface area contributed by atoms with Crippen LogP contribution >= 0.6 is 0 Å². The Bertz CT molecular complexity index is 849. The van der Waals surface area contributed by atoms with E-state index in [1.165, 1.54) is 33.6 Å². The van der Waals surface area contributed by atoms with E-state index < -0.39 is 0 Å². The zero-order chi connectivity index (χ0) is 19.9. The summed E-state index contributed by atoms with van der Waals surface area (Å²) >= 11 is 0. The minimum absolute atomic E-state index is 1.20. The monoisotopic (exact) mass is 368 g/mol. The van der Waals surface area contributed by atoms with Gasteiger partial charge in [0.2, 0.25) is 0 Å². The molecule has 0 aliphatic carbocycles. The van der Waals surface area contributed by atoms with Gasteiger partial charge in [-0.2, -0.15) is 0 Å². The van der Waals surface area contributed by atoms with E-state index in [9.17, 15) is 0 Å². The van der Waals surface area contributed by atoms with E-state index in [2.05, 4.69) is 135 Å². The number of benzene rings is 3. The van der Waals surface area contributed by atoms with E-state index in [4.69, 9.17) is 0 Å². The SMILES string of the molecule is CN(C)c1ccc(/C=C\c2ccc(/C=C/c3ccc(N(C)C)cc3)cc2)cc1. The van der Waals surface area contributed by atoms with Crippen LogP contribution in [0.5, 0.6) is 0 Å². The molecule has 0 spiro atoms. The first-order chi connectivity index (χ1) is 13.5. The van der Waals surface area contributed by atoms with Crippen LogP contribution in [0.15, 0.2) is 72.8 Å². The van der Waals surface area contributed by atoms with Gasteiger partial charge in [0.05, 0.1) is 0 Å². The smallest absolute Gasteiger partial charge is 0.0361 e. The highest BCUT2D eigenvalue weighted by atomic mass is 15.1. The Hall–Kier alpha value is -3.26. The standard InChI is InChI=1S/C26H28N2/c1-27(2)25-17-13-23(14-18-25)11-9-21-5-7-22(8-6-21)10-12-24-15-19-26(20-16-24)28(3)4/h5-20H,1-4H3/b11-9-,12-10+. The summed E-state index contributed by atoms with van der Waals surface area (Å²) < 4.78 is 0. The summed E-state index contributed by atoms with van der Waals surface area (Å²) in [5.41, 5.74) is 7.23. The molecule has 0 amide bonds. The minimum atomic E-state index is 1.20. The summed E-state index contributed by atoms with van der Waals surface area (Å²) in [5, 5.41) is 0. The maximum atomic E-state index is 2.15. The molecule has 0 radical (unpaired) electrons. The summed E-state index contributed by atoms with van der Waals surface area (Å²) in [5.74, 6) is 0. The van der Waals surface area contributed by atoms with Crippen LogP contribution in [-0.2, 0) is 0 Å². The average molecular weight is 369 g/mol. The zero-order valence-electron chi connectivity index (χ0n) is 17.1. The second-order valence-corrected chi connectivity index (χ2v) is 7.31. The molecular formula is C26H28N2. The summed E-state index contributed by atoms with van der Waals surface area (Å²) in [4.78, 5) is 4.21. The molecule has 0 aromatic heterocycles. The molecular weight excluding hydrogens is 340 g/mol. The van der Waals surface area contributed by atoms with E-state index in [0.717, 1.165) is 0 Å².